The van der Waals surface area contributed by atoms with Gasteiger partial charge >= 0.3 is 0 Å². The second kappa shape index (κ2) is 9.00. The third kappa shape index (κ3) is 4.41. The molecule has 1 heterocycles. The molecule has 1 aliphatic rings. The van der Waals surface area contributed by atoms with E-state index in [0.29, 0.717) is 18.0 Å². The lowest BCUT2D eigenvalue weighted by Crippen LogP contribution is -2.65. The second-order valence-electron chi connectivity index (χ2n) is 6.98. The van der Waals surface area contributed by atoms with Crippen LogP contribution >= 0.6 is 0 Å². The number of benzene rings is 2. The van der Waals surface area contributed by atoms with Gasteiger partial charge in [0.25, 0.3) is 5.91 Å². The molecule has 30 heavy (non-hydrogen) atoms. The summed E-state index contributed by atoms with van der Waals surface area (Å²) >= 11 is 0. The molecule has 3 rings (SSSR count). The maximum Gasteiger partial charge on any atom is 0.277 e. The van der Waals surface area contributed by atoms with E-state index < -0.39 is 26.6 Å². The normalized spacial score (nSPS) is 21.6. The summed E-state index contributed by atoms with van der Waals surface area (Å²) in [6.07, 6.45) is 0.0142. The van der Waals surface area contributed by atoms with Crippen LogP contribution in [0.25, 0.3) is 0 Å². The first-order valence-corrected chi connectivity index (χ1v) is 10.8. The molecule has 162 valence electrons. The molecule has 10 heteroatoms. The number of methoxy groups -OCH3 is 1. The van der Waals surface area contributed by atoms with Crippen molar-refractivity contribution in [1.82, 2.24) is 10.8 Å². The Hall–Kier alpha value is -2.66. The Morgan fingerprint density at radius 2 is 1.97 bits per heavy atom. The number of sulfone groups is 1. The van der Waals surface area contributed by atoms with Gasteiger partial charge in [0.2, 0.25) is 0 Å². The summed E-state index contributed by atoms with van der Waals surface area (Å²) in [5.74, 6) is 0.00544. The van der Waals surface area contributed by atoms with Gasteiger partial charge in [-0.05, 0) is 54.9 Å². The molecule has 0 aliphatic carbocycles. The number of amides is 1. The zero-order chi connectivity index (χ0) is 21.8. The van der Waals surface area contributed by atoms with Gasteiger partial charge in [0.15, 0.2) is 15.4 Å². The standard InChI is InChI=1S/C20H24N2O7S/c1-28-16-4-2-3-14(11-16)12-29-15-5-7-17(8-6-15)30(26,27)18-9-10-21-13-20(18,24)19(23)22-25/h2-8,11,18,21,24-25H,9-10,12-13H2,1H3,(H,22,23). The van der Waals surface area contributed by atoms with E-state index in [0.717, 1.165) is 5.56 Å². The number of piperidine rings is 1. The van der Waals surface area contributed by atoms with Gasteiger partial charge in [-0.3, -0.25) is 10.0 Å². The fraction of sp³-hybridized carbons (Fsp3) is 0.350. The molecule has 1 saturated heterocycles. The third-order valence-corrected chi connectivity index (χ3v) is 7.38. The first-order chi connectivity index (χ1) is 14.3. The summed E-state index contributed by atoms with van der Waals surface area (Å²) in [5.41, 5.74) is -0.0387. The van der Waals surface area contributed by atoms with Crippen LogP contribution in [0.15, 0.2) is 53.4 Å². The maximum absolute atomic E-state index is 13.1. The molecule has 0 bridgehead atoms. The van der Waals surface area contributed by atoms with Gasteiger partial charge in [0.1, 0.15) is 23.4 Å². The molecule has 0 aromatic heterocycles. The summed E-state index contributed by atoms with van der Waals surface area (Å²) < 4.78 is 37.0. The molecule has 2 aromatic carbocycles. The van der Waals surface area contributed by atoms with Crippen molar-refractivity contribution in [3.05, 3.63) is 54.1 Å². The fourth-order valence-electron chi connectivity index (χ4n) is 3.42. The number of nitrogens with one attached hydrogen (secondary N) is 2. The van der Waals surface area contributed by atoms with E-state index in [4.69, 9.17) is 14.7 Å². The molecule has 4 N–H and O–H groups in total. The van der Waals surface area contributed by atoms with Crippen molar-refractivity contribution < 1.29 is 33.0 Å². The van der Waals surface area contributed by atoms with Gasteiger partial charge in [-0.1, -0.05) is 12.1 Å². The molecular weight excluding hydrogens is 412 g/mol. The van der Waals surface area contributed by atoms with Crippen LogP contribution in [0.1, 0.15) is 12.0 Å². The highest BCUT2D eigenvalue weighted by Gasteiger charge is 2.52. The molecule has 0 saturated carbocycles. The Labute approximate surface area is 174 Å². The van der Waals surface area contributed by atoms with Crippen LogP contribution in [0, 0.1) is 0 Å². The Kier molecular flexibility index (Phi) is 6.61. The number of ether oxygens (including phenoxy) is 2. The Bertz CT molecular complexity index is 994. The van der Waals surface area contributed by atoms with Gasteiger partial charge in [-0.2, -0.15) is 0 Å². The van der Waals surface area contributed by atoms with E-state index in [9.17, 15) is 18.3 Å². The predicted octanol–water partition coefficient (Wildman–Crippen LogP) is 0.646. The van der Waals surface area contributed by atoms with Crippen molar-refractivity contribution in [3.8, 4) is 11.5 Å². The molecule has 1 fully saturated rings. The number of β-amino-alcohol motifs (C(OH)–C–C–N with tert-alkyl or cyclic N) is 1. The van der Waals surface area contributed by atoms with E-state index in [-0.39, 0.29) is 24.5 Å². The average Bonchev–Trinajstić information content (AvgIpc) is 2.77. The third-order valence-electron chi connectivity index (χ3n) is 5.07. The lowest BCUT2D eigenvalue weighted by Gasteiger charge is -2.37. The van der Waals surface area contributed by atoms with Gasteiger partial charge in [-0.15, -0.1) is 0 Å². The van der Waals surface area contributed by atoms with Crippen molar-refractivity contribution in [2.45, 2.75) is 28.8 Å². The number of hydroxylamine groups is 1. The number of carbonyl (C=O) groups is 1. The largest absolute Gasteiger partial charge is 0.497 e. The van der Waals surface area contributed by atoms with Crippen molar-refractivity contribution in [1.29, 1.82) is 0 Å². The molecule has 1 aliphatic heterocycles. The number of carbonyl (C=O) groups excluding carboxylic acids is 1. The van der Waals surface area contributed by atoms with Gasteiger partial charge < -0.3 is 19.9 Å². The van der Waals surface area contributed by atoms with Crippen molar-refractivity contribution in [2.75, 3.05) is 20.2 Å². The van der Waals surface area contributed by atoms with Crippen LogP contribution in [0.3, 0.4) is 0 Å². The SMILES string of the molecule is COc1cccc(COc2ccc(S(=O)(=O)C3CCNCC3(O)C(=O)NO)cc2)c1. The summed E-state index contributed by atoms with van der Waals surface area (Å²) in [6, 6.07) is 13.1. The van der Waals surface area contributed by atoms with Crippen LogP contribution in [0.5, 0.6) is 11.5 Å². The number of aliphatic hydroxyl groups is 1. The minimum atomic E-state index is -4.05. The second-order valence-corrected chi connectivity index (χ2v) is 9.11. The van der Waals surface area contributed by atoms with E-state index in [2.05, 4.69) is 5.32 Å². The molecular formula is C20H24N2O7S. The molecule has 2 aromatic rings. The Morgan fingerprint density at radius 1 is 1.23 bits per heavy atom. The number of hydrogen-bond donors (Lipinski definition) is 4. The van der Waals surface area contributed by atoms with Crippen LogP contribution < -0.4 is 20.3 Å². The topological polar surface area (TPSA) is 134 Å². The zero-order valence-electron chi connectivity index (χ0n) is 16.4. The molecule has 0 spiro atoms. The highest BCUT2D eigenvalue weighted by atomic mass is 32.2. The summed E-state index contributed by atoms with van der Waals surface area (Å²) in [7, 11) is -2.48. The fourth-order valence-corrected chi connectivity index (χ4v) is 5.39. The first kappa shape index (κ1) is 22.0. The molecule has 2 unspecified atom stereocenters. The van der Waals surface area contributed by atoms with E-state index in [1.54, 1.807) is 7.11 Å². The van der Waals surface area contributed by atoms with E-state index in [1.807, 2.05) is 24.3 Å². The van der Waals surface area contributed by atoms with Crippen molar-refractivity contribution >= 4 is 15.7 Å². The van der Waals surface area contributed by atoms with Gasteiger partial charge in [-0.25, -0.2) is 13.9 Å². The zero-order valence-corrected chi connectivity index (χ0v) is 17.2. The van der Waals surface area contributed by atoms with Gasteiger partial charge in [0.05, 0.1) is 12.0 Å². The van der Waals surface area contributed by atoms with Crippen molar-refractivity contribution in [2.24, 2.45) is 0 Å². The Morgan fingerprint density at radius 3 is 2.63 bits per heavy atom. The van der Waals surface area contributed by atoms with E-state index in [1.165, 1.54) is 29.7 Å². The highest BCUT2D eigenvalue weighted by Crippen LogP contribution is 2.30. The summed E-state index contributed by atoms with van der Waals surface area (Å²) in [6.45, 7) is 0.297. The van der Waals surface area contributed by atoms with Crippen molar-refractivity contribution in [3.63, 3.8) is 0 Å². The van der Waals surface area contributed by atoms with Crippen LogP contribution in [-0.2, 0) is 21.2 Å². The van der Waals surface area contributed by atoms with Crippen LogP contribution in [0.2, 0.25) is 0 Å². The Balaban J connectivity index is 1.76. The van der Waals surface area contributed by atoms with Crippen LogP contribution in [-0.4, -0.2) is 55.7 Å². The smallest absolute Gasteiger partial charge is 0.277 e. The number of hydrogen-bond acceptors (Lipinski definition) is 8. The molecule has 2 atom stereocenters. The summed E-state index contributed by atoms with van der Waals surface area (Å²) in [5, 5.41) is 21.0. The highest BCUT2D eigenvalue weighted by molar-refractivity contribution is 7.92. The monoisotopic (exact) mass is 436 g/mol. The minimum Gasteiger partial charge on any atom is -0.497 e. The summed E-state index contributed by atoms with van der Waals surface area (Å²) in [4.78, 5) is 11.9. The van der Waals surface area contributed by atoms with Gasteiger partial charge in [0, 0.05) is 6.54 Å². The lowest BCUT2D eigenvalue weighted by molar-refractivity contribution is -0.149. The molecule has 0 radical (unpaired) electrons. The quantitative estimate of drug-likeness (QED) is 0.367. The number of rotatable bonds is 7. The first-order valence-electron chi connectivity index (χ1n) is 9.28. The predicted molar refractivity (Wildman–Crippen MR) is 107 cm³/mol. The van der Waals surface area contributed by atoms with Crippen LogP contribution in [0.4, 0.5) is 0 Å². The minimum absolute atomic E-state index is 0.0142. The molecule has 1 amide bonds. The van der Waals surface area contributed by atoms with E-state index >= 15 is 0 Å². The maximum atomic E-state index is 13.1. The molecule has 9 nitrogen and oxygen atoms in total. The average molecular weight is 436 g/mol. The lowest BCUT2D eigenvalue weighted by atomic mass is 9.93.